The third-order valence-electron chi connectivity index (χ3n) is 2.01. The van der Waals surface area contributed by atoms with Crippen LogP contribution in [-0.4, -0.2) is 35.1 Å². The first-order valence-corrected chi connectivity index (χ1v) is 5.79. The van der Waals surface area contributed by atoms with E-state index < -0.39 is 18.5 Å². The summed E-state index contributed by atoms with van der Waals surface area (Å²) in [6.07, 6.45) is 5.09. The molecule has 0 aromatic heterocycles. The predicted molar refractivity (Wildman–Crippen MR) is 71.2 cm³/mol. The molecule has 2 amide bonds. The van der Waals surface area contributed by atoms with E-state index in [1.54, 1.807) is 24.3 Å². The molecular formula is C12H11BrN2O3. The highest BCUT2D eigenvalue weighted by Gasteiger charge is 2.16. The Labute approximate surface area is 113 Å². The number of benzene rings is 1. The number of halogens is 1. The van der Waals surface area contributed by atoms with Crippen molar-refractivity contribution in [3.8, 4) is 12.3 Å². The minimum atomic E-state index is -1.12. The molecule has 0 unspecified atom stereocenters. The summed E-state index contributed by atoms with van der Waals surface area (Å²) in [4.78, 5) is 23.5. The van der Waals surface area contributed by atoms with E-state index in [0.717, 1.165) is 4.90 Å². The van der Waals surface area contributed by atoms with Gasteiger partial charge >= 0.3 is 12.0 Å². The molecule has 0 bridgehead atoms. The number of carbonyl (C=O) groups is 2. The maximum atomic E-state index is 11.8. The second-order valence-corrected chi connectivity index (χ2v) is 4.22. The molecule has 0 saturated heterocycles. The molecule has 0 aliphatic carbocycles. The largest absolute Gasteiger partial charge is 0.480 e. The van der Waals surface area contributed by atoms with E-state index in [1.165, 1.54) is 0 Å². The van der Waals surface area contributed by atoms with Crippen LogP contribution >= 0.6 is 15.9 Å². The molecule has 1 aromatic rings. The zero-order valence-corrected chi connectivity index (χ0v) is 11.0. The van der Waals surface area contributed by atoms with Crippen LogP contribution in [0.5, 0.6) is 0 Å². The summed E-state index contributed by atoms with van der Waals surface area (Å²) in [5, 5.41) is 11.3. The number of nitrogens with zero attached hydrogens (tertiary/aromatic N) is 1. The van der Waals surface area contributed by atoms with Crippen molar-refractivity contribution in [3.63, 3.8) is 0 Å². The number of aliphatic carboxylic acids is 1. The number of hydrogen-bond acceptors (Lipinski definition) is 2. The standard InChI is InChI=1S/C12H11BrN2O3/c1-2-7-15(8-11(16)17)12(18)14-10-6-4-3-5-9(10)13/h1,3-6H,7-8H2,(H,14,18)(H,16,17). The van der Waals surface area contributed by atoms with Crippen molar-refractivity contribution in [3.05, 3.63) is 28.7 Å². The molecule has 0 radical (unpaired) electrons. The van der Waals surface area contributed by atoms with Gasteiger partial charge in [0.15, 0.2) is 0 Å². The second-order valence-electron chi connectivity index (χ2n) is 3.36. The zero-order valence-electron chi connectivity index (χ0n) is 9.39. The Bertz CT molecular complexity index is 496. The van der Waals surface area contributed by atoms with Crippen molar-refractivity contribution in [1.82, 2.24) is 4.90 Å². The SMILES string of the molecule is C#CCN(CC(=O)O)C(=O)Nc1ccccc1Br. The molecule has 1 aromatic carbocycles. The van der Waals surface area contributed by atoms with Gasteiger partial charge in [0.2, 0.25) is 0 Å². The first kappa shape index (κ1) is 14.1. The predicted octanol–water partition coefficient (Wildman–Crippen LogP) is 2.00. The zero-order chi connectivity index (χ0) is 13.5. The van der Waals surface area contributed by atoms with Gasteiger partial charge in [-0.1, -0.05) is 18.1 Å². The average Bonchev–Trinajstić information content (AvgIpc) is 2.31. The number of anilines is 1. The molecular weight excluding hydrogens is 300 g/mol. The normalized spacial score (nSPS) is 9.33. The monoisotopic (exact) mass is 310 g/mol. The maximum absolute atomic E-state index is 11.8. The van der Waals surface area contributed by atoms with Crippen molar-refractivity contribution in [2.45, 2.75) is 0 Å². The van der Waals surface area contributed by atoms with Crippen molar-refractivity contribution in [1.29, 1.82) is 0 Å². The summed E-state index contributed by atoms with van der Waals surface area (Å²) in [5.41, 5.74) is 0.551. The summed E-state index contributed by atoms with van der Waals surface area (Å²) in [6.45, 7) is -0.511. The van der Waals surface area contributed by atoms with Gasteiger partial charge in [-0.3, -0.25) is 4.79 Å². The molecule has 2 N–H and O–H groups in total. The fourth-order valence-electron chi connectivity index (χ4n) is 1.23. The molecule has 0 heterocycles. The van der Waals surface area contributed by atoms with Crippen molar-refractivity contribution >= 4 is 33.6 Å². The Morgan fingerprint density at radius 2 is 2.11 bits per heavy atom. The van der Waals surface area contributed by atoms with E-state index >= 15 is 0 Å². The van der Waals surface area contributed by atoms with Crippen LogP contribution in [0.1, 0.15) is 0 Å². The molecule has 18 heavy (non-hydrogen) atoms. The molecule has 94 valence electrons. The lowest BCUT2D eigenvalue weighted by molar-refractivity contribution is -0.137. The topological polar surface area (TPSA) is 69.6 Å². The smallest absolute Gasteiger partial charge is 0.323 e. The van der Waals surface area contributed by atoms with E-state index in [9.17, 15) is 9.59 Å². The number of carboxylic acids is 1. The number of carboxylic acid groups (broad SMARTS) is 1. The number of carbonyl (C=O) groups excluding carboxylic acids is 1. The van der Waals surface area contributed by atoms with Gasteiger partial charge in [0, 0.05) is 4.47 Å². The quantitative estimate of drug-likeness (QED) is 0.836. The number of hydrogen-bond donors (Lipinski definition) is 2. The van der Waals surface area contributed by atoms with Gasteiger partial charge in [0.1, 0.15) is 6.54 Å². The molecule has 0 spiro atoms. The molecule has 0 aliphatic rings. The van der Waals surface area contributed by atoms with Crippen LogP contribution in [0.4, 0.5) is 10.5 Å². The molecule has 1 rings (SSSR count). The Kier molecular flexibility index (Phi) is 5.21. The Morgan fingerprint density at radius 1 is 1.44 bits per heavy atom. The summed E-state index contributed by atoms with van der Waals surface area (Å²) >= 11 is 3.27. The number of rotatable bonds is 4. The van der Waals surface area contributed by atoms with Crippen LogP contribution in [-0.2, 0) is 4.79 Å². The number of nitrogens with one attached hydrogen (secondary N) is 1. The molecule has 0 atom stereocenters. The highest BCUT2D eigenvalue weighted by molar-refractivity contribution is 9.10. The van der Waals surface area contributed by atoms with Crippen molar-refractivity contribution in [2.75, 3.05) is 18.4 Å². The fraction of sp³-hybridized carbons (Fsp3) is 0.167. The first-order valence-electron chi connectivity index (χ1n) is 5.00. The van der Waals surface area contributed by atoms with Crippen LogP contribution in [0.3, 0.4) is 0 Å². The van der Waals surface area contributed by atoms with Gasteiger partial charge in [0.25, 0.3) is 0 Å². The molecule has 0 aliphatic heterocycles. The lowest BCUT2D eigenvalue weighted by atomic mass is 10.3. The second kappa shape index (κ2) is 6.67. The number of para-hydroxylation sites is 1. The molecule has 0 fully saturated rings. The summed E-state index contributed by atoms with van der Waals surface area (Å²) in [7, 11) is 0. The van der Waals surface area contributed by atoms with Crippen LogP contribution in [0.25, 0.3) is 0 Å². The van der Waals surface area contributed by atoms with Gasteiger partial charge in [-0.15, -0.1) is 6.42 Å². The van der Waals surface area contributed by atoms with Crippen LogP contribution < -0.4 is 5.32 Å². The lowest BCUT2D eigenvalue weighted by Gasteiger charge is -2.19. The van der Waals surface area contributed by atoms with E-state index in [4.69, 9.17) is 11.5 Å². The minimum absolute atomic E-state index is 0.0669. The third kappa shape index (κ3) is 4.11. The number of amides is 2. The van der Waals surface area contributed by atoms with Crippen molar-refractivity contribution < 1.29 is 14.7 Å². The van der Waals surface area contributed by atoms with E-state index in [2.05, 4.69) is 27.2 Å². The van der Waals surface area contributed by atoms with Crippen molar-refractivity contribution in [2.24, 2.45) is 0 Å². The van der Waals surface area contributed by atoms with Crippen LogP contribution in [0.15, 0.2) is 28.7 Å². The Hall–Kier alpha value is -2.00. The Balaban J connectivity index is 2.76. The first-order chi connectivity index (χ1) is 8.54. The molecule has 0 saturated carbocycles. The highest BCUT2D eigenvalue weighted by atomic mass is 79.9. The Morgan fingerprint density at radius 3 is 2.67 bits per heavy atom. The van der Waals surface area contributed by atoms with Gasteiger partial charge < -0.3 is 15.3 Å². The average molecular weight is 311 g/mol. The molecule has 6 heteroatoms. The number of urea groups is 1. The summed E-state index contributed by atoms with van der Waals surface area (Å²) in [6, 6.07) is 6.45. The summed E-state index contributed by atoms with van der Waals surface area (Å²) < 4.78 is 0.703. The molecule has 5 nitrogen and oxygen atoms in total. The fourth-order valence-corrected chi connectivity index (χ4v) is 1.61. The van der Waals surface area contributed by atoms with E-state index in [1.807, 2.05) is 0 Å². The summed E-state index contributed by atoms with van der Waals surface area (Å²) in [5.74, 6) is 1.13. The van der Waals surface area contributed by atoms with E-state index in [-0.39, 0.29) is 6.54 Å². The highest BCUT2D eigenvalue weighted by Crippen LogP contribution is 2.21. The van der Waals surface area contributed by atoms with Gasteiger partial charge in [0.05, 0.1) is 12.2 Å². The van der Waals surface area contributed by atoms with Gasteiger partial charge in [-0.25, -0.2) is 4.79 Å². The van der Waals surface area contributed by atoms with Gasteiger partial charge in [-0.05, 0) is 28.1 Å². The lowest BCUT2D eigenvalue weighted by Crippen LogP contribution is -2.39. The minimum Gasteiger partial charge on any atom is -0.480 e. The van der Waals surface area contributed by atoms with Crippen LogP contribution in [0, 0.1) is 12.3 Å². The van der Waals surface area contributed by atoms with Crippen LogP contribution in [0.2, 0.25) is 0 Å². The van der Waals surface area contributed by atoms with E-state index in [0.29, 0.717) is 10.2 Å². The maximum Gasteiger partial charge on any atom is 0.323 e. The number of terminal acetylenes is 1. The third-order valence-corrected chi connectivity index (χ3v) is 2.70. The van der Waals surface area contributed by atoms with Gasteiger partial charge in [-0.2, -0.15) is 0 Å².